The lowest BCUT2D eigenvalue weighted by Gasteiger charge is -2.11. The van der Waals surface area contributed by atoms with Crippen molar-refractivity contribution in [2.45, 2.75) is 6.18 Å². The van der Waals surface area contributed by atoms with Gasteiger partial charge < -0.3 is 10.1 Å². The molecule has 2 nitrogen and oxygen atoms in total. The zero-order chi connectivity index (χ0) is 11.5. The molecule has 0 aliphatic heterocycles. The molecular weight excluding hydrogens is 231 g/mol. The minimum absolute atomic E-state index is 0.0982. The minimum Gasteiger partial charge on any atom is -0.365 e. The van der Waals surface area contributed by atoms with Gasteiger partial charge in [-0.15, -0.1) is 0 Å². The smallest absolute Gasteiger partial charge is 0.365 e. The van der Waals surface area contributed by atoms with Crippen LogP contribution in [0.15, 0.2) is 18.2 Å². The van der Waals surface area contributed by atoms with Gasteiger partial charge in [0.25, 0.3) is 0 Å². The van der Waals surface area contributed by atoms with E-state index in [0.717, 1.165) is 12.1 Å². The van der Waals surface area contributed by atoms with Crippen LogP contribution in [0.5, 0.6) is 0 Å². The number of methoxy groups -OCH3 is 1. The van der Waals surface area contributed by atoms with Gasteiger partial charge in [0.2, 0.25) is 0 Å². The summed E-state index contributed by atoms with van der Waals surface area (Å²) < 4.78 is 41.6. The molecule has 0 aliphatic carbocycles. The van der Waals surface area contributed by atoms with Crippen LogP contribution in [0.1, 0.15) is 5.56 Å². The Kier molecular flexibility index (Phi) is 3.82. The van der Waals surface area contributed by atoms with Crippen LogP contribution < -0.4 is 5.32 Å². The van der Waals surface area contributed by atoms with Gasteiger partial charge in [0.05, 0.1) is 16.3 Å². The highest BCUT2D eigenvalue weighted by atomic mass is 35.5. The van der Waals surface area contributed by atoms with Crippen LogP contribution >= 0.6 is 11.6 Å². The Labute approximate surface area is 90.0 Å². The maximum atomic E-state index is 12.3. The second kappa shape index (κ2) is 4.72. The average molecular weight is 240 g/mol. The van der Waals surface area contributed by atoms with Gasteiger partial charge in [-0.2, -0.15) is 13.2 Å². The molecule has 1 aromatic carbocycles. The summed E-state index contributed by atoms with van der Waals surface area (Å²) in [6, 6.07) is 3.07. The lowest BCUT2D eigenvalue weighted by Crippen LogP contribution is -2.08. The van der Waals surface area contributed by atoms with E-state index in [0.29, 0.717) is 0 Å². The molecule has 84 valence electrons. The fraction of sp³-hybridized carbons (Fsp3) is 0.333. The van der Waals surface area contributed by atoms with Gasteiger partial charge in [0.15, 0.2) is 0 Å². The van der Waals surface area contributed by atoms with Crippen molar-refractivity contribution in [2.24, 2.45) is 0 Å². The van der Waals surface area contributed by atoms with Crippen LogP contribution in [0.4, 0.5) is 18.9 Å². The Bertz CT molecular complexity index is 341. The van der Waals surface area contributed by atoms with Crippen LogP contribution in [0, 0.1) is 0 Å². The predicted molar refractivity (Wildman–Crippen MR) is 52.0 cm³/mol. The number of alkyl halides is 3. The van der Waals surface area contributed by atoms with Gasteiger partial charge in [-0.25, -0.2) is 0 Å². The molecule has 15 heavy (non-hydrogen) atoms. The maximum absolute atomic E-state index is 12.3. The summed E-state index contributed by atoms with van der Waals surface area (Å²) in [5, 5.41) is 2.84. The van der Waals surface area contributed by atoms with Crippen molar-refractivity contribution >= 4 is 17.3 Å². The van der Waals surface area contributed by atoms with E-state index in [2.05, 4.69) is 10.1 Å². The Morgan fingerprint density at radius 1 is 1.40 bits per heavy atom. The summed E-state index contributed by atoms with van der Waals surface area (Å²) in [5.74, 6) is 0. The van der Waals surface area contributed by atoms with E-state index in [1.165, 1.54) is 13.2 Å². The molecule has 6 heteroatoms. The average Bonchev–Trinajstić information content (AvgIpc) is 2.15. The quantitative estimate of drug-likeness (QED) is 0.817. The minimum atomic E-state index is -4.37. The zero-order valence-electron chi connectivity index (χ0n) is 7.86. The van der Waals surface area contributed by atoms with Gasteiger partial charge in [-0.05, 0) is 18.2 Å². The molecule has 0 radical (unpaired) electrons. The van der Waals surface area contributed by atoms with E-state index in [9.17, 15) is 13.2 Å². The topological polar surface area (TPSA) is 21.3 Å². The molecule has 0 unspecified atom stereocenters. The lowest BCUT2D eigenvalue weighted by atomic mass is 10.2. The monoisotopic (exact) mass is 239 g/mol. The van der Waals surface area contributed by atoms with Crippen molar-refractivity contribution in [3.63, 3.8) is 0 Å². The highest BCUT2D eigenvalue weighted by Crippen LogP contribution is 2.33. The van der Waals surface area contributed by atoms with E-state index in [4.69, 9.17) is 11.6 Å². The third-order valence-corrected chi connectivity index (χ3v) is 2.03. The molecule has 0 spiro atoms. The number of anilines is 1. The summed E-state index contributed by atoms with van der Waals surface area (Å²) in [4.78, 5) is 0. The van der Waals surface area contributed by atoms with E-state index >= 15 is 0 Å². The van der Waals surface area contributed by atoms with Crippen LogP contribution in [-0.2, 0) is 10.9 Å². The molecular formula is C9H9ClF3NO. The third-order valence-electron chi connectivity index (χ3n) is 1.70. The first-order chi connectivity index (χ1) is 6.95. The largest absolute Gasteiger partial charge is 0.416 e. The van der Waals surface area contributed by atoms with Crippen molar-refractivity contribution in [3.8, 4) is 0 Å². The molecule has 0 bridgehead atoms. The fourth-order valence-corrected chi connectivity index (χ4v) is 1.17. The first kappa shape index (κ1) is 12.1. The van der Waals surface area contributed by atoms with Gasteiger partial charge in [0, 0.05) is 7.11 Å². The molecule has 0 atom stereocenters. The number of nitrogens with one attached hydrogen (secondary N) is 1. The first-order valence-corrected chi connectivity index (χ1v) is 4.42. The van der Waals surface area contributed by atoms with Crippen molar-refractivity contribution in [1.29, 1.82) is 0 Å². The van der Waals surface area contributed by atoms with E-state index in [-0.39, 0.29) is 17.4 Å². The number of ether oxygens (including phenoxy) is 1. The molecule has 1 rings (SSSR count). The highest BCUT2D eigenvalue weighted by molar-refractivity contribution is 6.33. The molecule has 1 aromatic rings. The summed E-state index contributed by atoms with van der Waals surface area (Å²) >= 11 is 5.70. The van der Waals surface area contributed by atoms with Crippen molar-refractivity contribution in [1.82, 2.24) is 0 Å². The number of benzene rings is 1. The Balaban J connectivity index is 2.95. The summed E-state index contributed by atoms with van der Waals surface area (Å²) in [6.07, 6.45) is -4.37. The molecule has 0 saturated heterocycles. The summed E-state index contributed by atoms with van der Waals surface area (Å²) in [5.41, 5.74) is -0.543. The summed E-state index contributed by atoms with van der Waals surface area (Å²) in [6.45, 7) is 0.0982. The molecule has 0 amide bonds. The van der Waals surface area contributed by atoms with Gasteiger partial charge in [-0.3, -0.25) is 0 Å². The SMILES string of the molecule is COCNc1cc(C(F)(F)F)ccc1Cl. The van der Waals surface area contributed by atoms with Crippen molar-refractivity contribution in [2.75, 3.05) is 19.2 Å². The maximum Gasteiger partial charge on any atom is 0.416 e. The molecule has 0 heterocycles. The second-order valence-corrected chi connectivity index (χ2v) is 3.21. The van der Waals surface area contributed by atoms with Gasteiger partial charge in [0.1, 0.15) is 6.73 Å². The number of hydrogen-bond acceptors (Lipinski definition) is 2. The molecule has 0 aromatic heterocycles. The molecule has 0 saturated carbocycles. The van der Waals surface area contributed by atoms with Gasteiger partial charge >= 0.3 is 6.18 Å². The summed E-state index contributed by atoms with van der Waals surface area (Å²) in [7, 11) is 1.43. The van der Waals surface area contributed by atoms with Crippen LogP contribution in [-0.4, -0.2) is 13.8 Å². The Morgan fingerprint density at radius 3 is 2.60 bits per heavy atom. The molecule has 1 N–H and O–H groups in total. The van der Waals surface area contributed by atoms with Crippen LogP contribution in [0.3, 0.4) is 0 Å². The molecule has 0 fully saturated rings. The lowest BCUT2D eigenvalue weighted by molar-refractivity contribution is -0.137. The van der Waals surface area contributed by atoms with Crippen LogP contribution in [0.2, 0.25) is 5.02 Å². The second-order valence-electron chi connectivity index (χ2n) is 2.80. The Morgan fingerprint density at radius 2 is 2.07 bits per heavy atom. The van der Waals surface area contributed by atoms with Crippen LogP contribution in [0.25, 0.3) is 0 Å². The van der Waals surface area contributed by atoms with E-state index in [1.54, 1.807) is 0 Å². The number of rotatable bonds is 3. The normalized spacial score (nSPS) is 11.5. The third kappa shape index (κ3) is 3.28. The highest BCUT2D eigenvalue weighted by Gasteiger charge is 2.30. The predicted octanol–water partition coefficient (Wildman–Crippen LogP) is 3.37. The number of halogens is 4. The standard InChI is InChI=1S/C9H9ClF3NO/c1-15-5-14-8-4-6(9(11,12)13)2-3-7(8)10/h2-4,14H,5H2,1H3. The zero-order valence-corrected chi connectivity index (χ0v) is 8.62. The van der Waals surface area contributed by atoms with E-state index in [1.807, 2.05) is 0 Å². The fourth-order valence-electron chi connectivity index (χ4n) is 0.987. The number of hydrogen-bond donors (Lipinski definition) is 1. The van der Waals surface area contributed by atoms with Crippen molar-refractivity contribution < 1.29 is 17.9 Å². The van der Waals surface area contributed by atoms with Crippen molar-refractivity contribution in [3.05, 3.63) is 28.8 Å². The first-order valence-electron chi connectivity index (χ1n) is 4.04. The molecule has 0 aliphatic rings. The van der Waals surface area contributed by atoms with E-state index < -0.39 is 11.7 Å². The van der Waals surface area contributed by atoms with Gasteiger partial charge in [-0.1, -0.05) is 11.6 Å². The Hall–Kier alpha value is -0.940.